The Kier molecular flexibility index (Phi) is 3.04. The van der Waals surface area contributed by atoms with Crippen LogP contribution in [-0.4, -0.2) is 6.04 Å². The number of benzene rings is 1. The lowest BCUT2D eigenvalue weighted by molar-refractivity contribution is 0.607. The van der Waals surface area contributed by atoms with E-state index in [0.717, 1.165) is 12.0 Å². The van der Waals surface area contributed by atoms with Gasteiger partial charge in [-0.25, -0.2) is 4.39 Å². The first-order valence-electron chi connectivity index (χ1n) is 4.52. The first kappa shape index (κ1) is 10.2. The molecule has 0 aliphatic carbocycles. The van der Waals surface area contributed by atoms with E-state index in [9.17, 15) is 4.39 Å². The van der Waals surface area contributed by atoms with Gasteiger partial charge in [-0.2, -0.15) is 0 Å². The minimum atomic E-state index is -0.103. The standard InChI is InChI=1S/C11H16FN/c1-7-4-10(6-9(3)13)5-8(2)11(7)12/h4-5,9H,6,13H2,1-3H3. The monoisotopic (exact) mass is 181 g/mol. The Labute approximate surface area is 78.8 Å². The zero-order valence-corrected chi connectivity index (χ0v) is 8.39. The Morgan fingerprint density at radius 2 is 1.77 bits per heavy atom. The molecular weight excluding hydrogens is 165 g/mol. The number of rotatable bonds is 2. The van der Waals surface area contributed by atoms with Gasteiger partial charge in [-0.3, -0.25) is 0 Å². The highest BCUT2D eigenvalue weighted by Gasteiger charge is 2.05. The van der Waals surface area contributed by atoms with Gasteiger partial charge in [0.15, 0.2) is 0 Å². The highest BCUT2D eigenvalue weighted by molar-refractivity contribution is 5.30. The molecule has 0 saturated heterocycles. The molecule has 1 aromatic carbocycles. The number of hydrogen-bond acceptors (Lipinski definition) is 1. The fourth-order valence-electron chi connectivity index (χ4n) is 1.53. The van der Waals surface area contributed by atoms with Gasteiger partial charge in [-0.05, 0) is 43.9 Å². The molecule has 0 aliphatic rings. The predicted octanol–water partition coefficient (Wildman–Crippen LogP) is 2.33. The van der Waals surface area contributed by atoms with Crippen molar-refractivity contribution < 1.29 is 4.39 Å². The van der Waals surface area contributed by atoms with Crippen molar-refractivity contribution in [2.75, 3.05) is 0 Å². The first-order valence-corrected chi connectivity index (χ1v) is 4.52. The second-order valence-corrected chi connectivity index (χ2v) is 3.73. The van der Waals surface area contributed by atoms with E-state index in [1.165, 1.54) is 0 Å². The van der Waals surface area contributed by atoms with Crippen LogP contribution in [0.15, 0.2) is 12.1 Å². The van der Waals surface area contributed by atoms with E-state index in [1.807, 2.05) is 19.1 Å². The van der Waals surface area contributed by atoms with E-state index in [1.54, 1.807) is 13.8 Å². The quantitative estimate of drug-likeness (QED) is 0.744. The molecule has 0 heterocycles. The van der Waals surface area contributed by atoms with Crippen LogP contribution in [0.1, 0.15) is 23.6 Å². The Morgan fingerprint density at radius 3 is 2.15 bits per heavy atom. The Balaban J connectivity index is 2.99. The summed E-state index contributed by atoms with van der Waals surface area (Å²) in [5, 5.41) is 0. The average molecular weight is 181 g/mol. The maximum Gasteiger partial charge on any atom is 0.129 e. The van der Waals surface area contributed by atoms with E-state index in [0.29, 0.717) is 11.1 Å². The molecule has 2 heteroatoms. The zero-order valence-electron chi connectivity index (χ0n) is 8.39. The van der Waals surface area contributed by atoms with Crippen molar-refractivity contribution in [3.05, 3.63) is 34.6 Å². The molecule has 2 N–H and O–H groups in total. The lowest BCUT2D eigenvalue weighted by Gasteiger charge is -2.08. The summed E-state index contributed by atoms with van der Waals surface area (Å²) in [6.07, 6.45) is 0.807. The molecule has 0 amide bonds. The Hall–Kier alpha value is -0.890. The average Bonchev–Trinajstić information content (AvgIpc) is 1.98. The van der Waals surface area contributed by atoms with E-state index < -0.39 is 0 Å². The lowest BCUT2D eigenvalue weighted by atomic mass is 10.0. The highest BCUT2D eigenvalue weighted by Crippen LogP contribution is 2.15. The van der Waals surface area contributed by atoms with Crippen LogP contribution in [-0.2, 0) is 6.42 Å². The van der Waals surface area contributed by atoms with Gasteiger partial charge in [0.2, 0.25) is 0 Å². The van der Waals surface area contributed by atoms with E-state index >= 15 is 0 Å². The third kappa shape index (κ3) is 2.52. The largest absolute Gasteiger partial charge is 0.328 e. The molecule has 0 aromatic heterocycles. The summed E-state index contributed by atoms with van der Waals surface area (Å²) in [5.74, 6) is -0.103. The van der Waals surface area contributed by atoms with Crippen LogP contribution in [0, 0.1) is 19.7 Å². The minimum absolute atomic E-state index is 0.103. The van der Waals surface area contributed by atoms with Crippen LogP contribution in [0.3, 0.4) is 0 Å². The van der Waals surface area contributed by atoms with Gasteiger partial charge >= 0.3 is 0 Å². The number of halogens is 1. The molecule has 0 fully saturated rings. The second kappa shape index (κ2) is 3.88. The molecule has 1 aromatic rings. The van der Waals surface area contributed by atoms with Crippen LogP contribution in [0.2, 0.25) is 0 Å². The Bertz CT molecular complexity index is 282. The summed E-state index contributed by atoms with van der Waals surface area (Å²) in [7, 11) is 0. The topological polar surface area (TPSA) is 26.0 Å². The van der Waals surface area contributed by atoms with Gasteiger partial charge in [-0.1, -0.05) is 12.1 Å². The maximum atomic E-state index is 13.2. The summed E-state index contributed by atoms with van der Waals surface area (Å²) < 4.78 is 13.2. The smallest absolute Gasteiger partial charge is 0.129 e. The Morgan fingerprint density at radius 1 is 1.31 bits per heavy atom. The number of nitrogens with two attached hydrogens (primary N) is 1. The third-order valence-corrected chi connectivity index (χ3v) is 2.05. The van der Waals surface area contributed by atoms with Crippen molar-refractivity contribution >= 4 is 0 Å². The summed E-state index contributed by atoms with van der Waals surface area (Å²) in [6, 6.07) is 3.86. The number of aryl methyl sites for hydroxylation is 2. The SMILES string of the molecule is Cc1cc(CC(C)N)cc(C)c1F. The summed E-state index contributed by atoms with van der Waals surface area (Å²) in [6.45, 7) is 5.52. The van der Waals surface area contributed by atoms with Crippen molar-refractivity contribution in [1.29, 1.82) is 0 Å². The van der Waals surface area contributed by atoms with Crippen molar-refractivity contribution in [3.8, 4) is 0 Å². The second-order valence-electron chi connectivity index (χ2n) is 3.73. The molecule has 0 radical (unpaired) electrons. The molecule has 1 rings (SSSR count). The van der Waals surface area contributed by atoms with Crippen LogP contribution in [0.5, 0.6) is 0 Å². The molecule has 1 nitrogen and oxygen atoms in total. The molecule has 13 heavy (non-hydrogen) atoms. The van der Waals surface area contributed by atoms with E-state index in [4.69, 9.17) is 5.73 Å². The molecule has 1 unspecified atom stereocenters. The van der Waals surface area contributed by atoms with Gasteiger partial charge in [0.05, 0.1) is 0 Å². The summed E-state index contributed by atoms with van der Waals surface area (Å²) >= 11 is 0. The summed E-state index contributed by atoms with van der Waals surface area (Å²) in [4.78, 5) is 0. The van der Waals surface area contributed by atoms with Crippen LogP contribution < -0.4 is 5.73 Å². The maximum absolute atomic E-state index is 13.2. The van der Waals surface area contributed by atoms with Crippen molar-refractivity contribution in [2.24, 2.45) is 5.73 Å². The van der Waals surface area contributed by atoms with Crippen molar-refractivity contribution in [1.82, 2.24) is 0 Å². The molecule has 0 spiro atoms. The molecule has 0 bridgehead atoms. The van der Waals surface area contributed by atoms with E-state index in [-0.39, 0.29) is 11.9 Å². The third-order valence-electron chi connectivity index (χ3n) is 2.05. The first-order chi connectivity index (χ1) is 6.00. The minimum Gasteiger partial charge on any atom is -0.328 e. The molecule has 1 atom stereocenters. The molecular formula is C11H16FN. The van der Waals surface area contributed by atoms with Gasteiger partial charge in [0.25, 0.3) is 0 Å². The van der Waals surface area contributed by atoms with Gasteiger partial charge in [0, 0.05) is 6.04 Å². The molecule has 0 aliphatic heterocycles. The number of hydrogen-bond donors (Lipinski definition) is 1. The highest BCUT2D eigenvalue weighted by atomic mass is 19.1. The van der Waals surface area contributed by atoms with Crippen LogP contribution >= 0.6 is 0 Å². The molecule has 0 saturated carbocycles. The van der Waals surface area contributed by atoms with Crippen LogP contribution in [0.4, 0.5) is 4.39 Å². The van der Waals surface area contributed by atoms with E-state index in [2.05, 4.69) is 0 Å². The zero-order chi connectivity index (χ0) is 10.0. The van der Waals surface area contributed by atoms with Crippen molar-refractivity contribution in [2.45, 2.75) is 33.2 Å². The van der Waals surface area contributed by atoms with Gasteiger partial charge in [0.1, 0.15) is 5.82 Å². The summed E-state index contributed by atoms with van der Waals surface area (Å²) in [5.41, 5.74) is 8.19. The molecule has 72 valence electrons. The van der Waals surface area contributed by atoms with Crippen LogP contribution in [0.25, 0.3) is 0 Å². The van der Waals surface area contributed by atoms with Gasteiger partial charge in [-0.15, -0.1) is 0 Å². The lowest BCUT2D eigenvalue weighted by Crippen LogP contribution is -2.18. The fraction of sp³-hybridized carbons (Fsp3) is 0.455. The van der Waals surface area contributed by atoms with Gasteiger partial charge < -0.3 is 5.73 Å². The predicted molar refractivity (Wildman–Crippen MR) is 53.2 cm³/mol. The van der Waals surface area contributed by atoms with Crippen molar-refractivity contribution in [3.63, 3.8) is 0 Å². The fourth-order valence-corrected chi connectivity index (χ4v) is 1.53. The normalized spacial score (nSPS) is 13.0.